The zero-order chi connectivity index (χ0) is 10.2. The summed E-state index contributed by atoms with van der Waals surface area (Å²) >= 11 is 0. The molecule has 0 saturated carbocycles. The number of carbonyl (C=O) groups excluding carboxylic acids is 1. The number of halogens is 2. The van der Waals surface area contributed by atoms with Crippen molar-refractivity contribution in [3.63, 3.8) is 0 Å². The van der Waals surface area contributed by atoms with Crippen molar-refractivity contribution in [1.82, 2.24) is 0 Å². The fourth-order valence-electron chi connectivity index (χ4n) is 1.44. The number of hydrogen-bond donors (Lipinski definition) is 0. The van der Waals surface area contributed by atoms with E-state index in [1.54, 1.807) is 6.07 Å². The van der Waals surface area contributed by atoms with Gasteiger partial charge in [0.25, 0.3) is 0 Å². The fraction of sp³-hybridized carbons (Fsp3) is 0.300. The van der Waals surface area contributed by atoms with E-state index in [1.165, 1.54) is 12.1 Å². The molecule has 0 unspecified atom stereocenters. The fourth-order valence-corrected chi connectivity index (χ4v) is 1.44. The molecule has 1 aliphatic heterocycles. The molecule has 0 fully saturated rings. The lowest BCUT2D eigenvalue weighted by Gasteiger charge is -2.10. The van der Waals surface area contributed by atoms with Gasteiger partial charge in [-0.1, -0.05) is 12.1 Å². The molecule has 1 aliphatic rings. The van der Waals surface area contributed by atoms with E-state index >= 15 is 0 Å². The molecule has 1 aromatic carbocycles. The molecule has 0 amide bonds. The van der Waals surface area contributed by atoms with E-state index in [1.807, 2.05) is 0 Å². The summed E-state index contributed by atoms with van der Waals surface area (Å²) in [7, 11) is 0. The third-order valence-corrected chi connectivity index (χ3v) is 2.23. The molecular weight excluding hydrogens is 190 g/mol. The minimum absolute atomic E-state index is 0.312. The van der Waals surface area contributed by atoms with E-state index in [-0.39, 0.29) is 11.8 Å². The first kappa shape index (κ1) is 9.12. The second kappa shape index (κ2) is 3.04. The largest absolute Gasteiger partial charge is 0.493 e. The number of fused-ring (bicyclic) bond motifs is 1. The van der Waals surface area contributed by atoms with E-state index in [9.17, 15) is 13.6 Å². The predicted molar refractivity (Wildman–Crippen MR) is 45.6 cm³/mol. The van der Waals surface area contributed by atoms with Gasteiger partial charge < -0.3 is 4.74 Å². The van der Waals surface area contributed by atoms with Crippen molar-refractivity contribution in [3.8, 4) is 5.75 Å². The molecule has 0 aliphatic carbocycles. The lowest BCUT2D eigenvalue weighted by atomic mass is 10.1. The molecule has 4 heteroatoms. The Balaban J connectivity index is 2.42. The first-order chi connectivity index (χ1) is 6.63. The molecule has 14 heavy (non-hydrogen) atoms. The number of benzene rings is 1. The zero-order valence-electron chi connectivity index (χ0n) is 7.30. The number of ether oxygens (including phenoxy) is 1. The third kappa shape index (κ3) is 1.36. The molecule has 1 aromatic rings. The predicted octanol–water partition coefficient (Wildman–Crippen LogP) is 1.91. The maximum absolute atomic E-state index is 12.9. The summed E-state index contributed by atoms with van der Waals surface area (Å²) in [5.74, 6) is -2.95. The monoisotopic (exact) mass is 198 g/mol. The number of aldehydes is 1. The highest BCUT2D eigenvalue weighted by Crippen LogP contribution is 2.32. The van der Waals surface area contributed by atoms with Crippen molar-refractivity contribution in [3.05, 3.63) is 29.3 Å². The van der Waals surface area contributed by atoms with E-state index in [4.69, 9.17) is 4.74 Å². The van der Waals surface area contributed by atoms with Gasteiger partial charge in [-0.05, 0) is 11.6 Å². The standard InChI is InChI=1S/C10H8F2O2/c11-10(12,6-13)8-2-1-7-3-4-14-9(7)5-8/h1-2,5-6H,3-4H2. The second-order valence-corrected chi connectivity index (χ2v) is 3.16. The highest BCUT2D eigenvalue weighted by atomic mass is 19.3. The molecule has 0 spiro atoms. The SMILES string of the molecule is O=CC(F)(F)c1ccc2c(c1)OCC2. The Hall–Kier alpha value is -1.45. The van der Waals surface area contributed by atoms with Crippen LogP contribution in [-0.4, -0.2) is 12.9 Å². The maximum Gasteiger partial charge on any atom is 0.327 e. The summed E-state index contributed by atoms with van der Waals surface area (Å²) in [6.07, 6.45) is 0.381. The van der Waals surface area contributed by atoms with Crippen LogP contribution in [0.3, 0.4) is 0 Å². The van der Waals surface area contributed by atoms with Gasteiger partial charge >= 0.3 is 5.92 Å². The van der Waals surface area contributed by atoms with Gasteiger partial charge in [0.1, 0.15) is 5.75 Å². The second-order valence-electron chi connectivity index (χ2n) is 3.16. The first-order valence-electron chi connectivity index (χ1n) is 4.24. The van der Waals surface area contributed by atoms with Crippen LogP contribution in [0.15, 0.2) is 18.2 Å². The van der Waals surface area contributed by atoms with Gasteiger partial charge in [-0.3, -0.25) is 4.79 Å². The van der Waals surface area contributed by atoms with E-state index in [0.717, 1.165) is 12.0 Å². The topological polar surface area (TPSA) is 26.3 Å². The molecule has 0 aromatic heterocycles. The molecule has 0 radical (unpaired) electrons. The number of hydrogen-bond acceptors (Lipinski definition) is 2. The normalized spacial score (nSPS) is 14.7. The molecule has 2 rings (SSSR count). The molecule has 0 saturated heterocycles. The molecular formula is C10H8F2O2. The summed E-state index contributed by atoms with van der Waals surface area (Å²) in [6.45, 7) is 0.519. The van der Waals surface area contributed by atoms with Crippen LogP contribution in [-0.2, 0) is 17.1 Å². The summed E-state index contributed by atoms with van der Waals surface area (Å²) in [5, 5.41) is 0. The van der Waals surface area contributed by atoms with Crippen molar-refractivity contribution >= 4 is 6.29 Å². The van der Waals surface area contributed by atoms with Crippen molar-refractivity contribution < 1.29 is 18.3 Å². The van der Waals surface area contributed by atoms with Gasteiger partial charge in [0.05, 0.1) is 6.61 Å². The van der Waals surface area contributed by atoms with Crippen LogP contribution in [0.1, 0.15) is 11.1 Å². The Morgan fingerprint density at radius 3 is 2.93 bits per heavy atom. The minimum atomic E-state index is -3.42. The number of rotatable bonds is 2. The zero-order valence-corrected chi connectivity index (χ0v) is 7.30. The molecule has 2 nitrogen and oxygen atoms in total. The van der Waals surface area contributed by atoms with Crippen molar-refractivity contribution in [2.45, 2.75) is 12.3 Å². The number of carbonyl (C=O) groups is 1. The van der Waals surface area contributed by atoms with Crippen LogP contribution < -0.4 is 4.74 Å². The van der Waals surface area contributed by atoms with Crippen LogP contribution in [0.5, 0.6) is 5.75 Å². The maximum atomic E-state index is 12.9. The van der Waals surface area contributed by atoms with E-state index < -0.39 is 5.92 Å². The molecule has 0 atom stereocenters. The Kier molecular flexibility index (Phi) is 1.98. The summed E-state index contributed by atoms with van der Waals surface area (Å²) < 4.78 is 31.0. The van der Waals surface area contributed by atoms with Crippen molar-refractivity contribution in [2.24, 2.45) is 0 Å². The van der Waals surface area contributed by atoms with Crippen LogP contribution >= 0.6 is 0 Å². The smallest absolute Gasteiger partial charge is 0.327 e. The molecule has 74 valence electrons. The van der Waals surface area contributed by atoms with Gasteiger partial charge in [-0.25, -0.2) is 0 Å². The minimum Gasteiger partial charge on any atom is -0.493 e. The Morgan fingerprint density at radius 2 is 2.21 bits per heavy atom. The lowest BCUT2D eigenvalue weighted by Crippen LogP contribution is -2.14. The highest BCUT2D eigenvalue weighted by Gasteiger charge is 2.32. The van der Waals surface area contributed by atoms with E-state index in [0.29, 0.717) is 12.4 Å². The Morgan fingerprint density at radius 1 is 1.43 bits per heavy atom. The van der Waals surface area contributed by atoms with Crippen LogP contribution in [0, 0.1) is 0 Å². The van der Waals surface area contributed by atoms with Gasteiger partial charge in [-0.15, -0.1) is 0 Å². The number of alkyl halides is 2. The summed E-state index contributed by atoms with van der Waals surface area (Å²) in [4.78, 5) is 10.1. The average Bonchev–Trinajstić information content (AvgIpc) is 2.64. The van der Waals surface area contributed by atoms with Gasteiger partial charge in [-0.2, -0.15) is 8.78 Å². The lowest BCUT2D eigenvalue weighted by molar-refractivity contribution is -0.130. The summed E-state index contributed by atoms with van der Waals surface area (Å²) in [5.41, 5.74) is 0.601. The summed E-state index contributed by atoms with van der Waals surface area (Å²) in [6, 6.07) is 4.08. The molecule has 0 bridgehead atoms. The van der Waals surface area contributed by atoms with Gasteiger partial charge in [0.2, 0.25) is 0 Å². The van der Waals surface area contributed by atoms with Gasteiger partial charge in [0.15, 0.2) is 6.29 Å². The highest BCUT2D eigenvalue weighted by molar-refractivity contribution is 5.64. The quantitative estimate of drug-likeness (QED) is 0.678. The third-order valence-electron chi connectivity index (χ3n) is 2.23. The average molecular weight is 198 g/mol. The van der Waals surface area contributed by atoms with Crippen LogP contribution in [0.2, 0.25) is 0 Å². The van der Waals surface area contributed by atoms with E-state index in [2.05, 4.69) is 0 Å². The van der Waals surface area contributed by atoms with Crippen LogP contribution in [0.25, 0.3) is 0 Å². The van der Waals surface area contributed by atoms with Crippen molar-refractivity contribution in [1.29, 1.82) is 0 Å². The molecule has 1 heterocycles. The Bertz CT molecular complexity index is 374. The van der Waals surface area contributed by atoms with Gasteiger partial charge in [0, 0.05) is 12.0 Å². The van der Waals surface area contributed by atoms with Crippen molar-refractivity contribution in [2.75, 3.05) is 6.61 Å². The molecule has 0 N–H and O–H groups in total. The Labute approximate surface area is 79.5 Å². The van der Waals surface area contributed by atoms with Crippen LogP contribution in [0.4, 0.5) is 8.78 Å². The first-order valence-corrected chi connectivity index (χ1v) is 4.24.